The number of carbonyl (C=O) groups is 1. The Morgan fingerprint density at radius 1 is 1.25 bits per heavy atom. The zero-order valence-corrected chi connectivity index (χ0v) is 15.0. The zero-order valence-electron chi connectivity index (χ0n) is 14.2. The van der Waals surface area contributed by atoms with E-state index >= 15 is 0 Å². The van der Waals surface area contributed by atoms with Gasteiger partial charge in [-0.25, -0.2) is 4.79 Å². The fraction of sp³-hybridized carbons (Fsp3) is 0.316. The SMILES string of the molecule is COc1ccccc1NC(=O)N1CCS[C@@H]1c1ccc(C)cc1C. The number of thioether (sulfide) groups is 1. The molecule has 2 aromatic rings. The molecule has 5 heteroatoms. The van der Waals surface area contributed by atoms with Gasteiger partial charge in [0.15, 0.2) is 0 Å². The van der Waals surface area contributed by atoms with Crippen molar-refractivity contribution in [2.75, 3.05) is 24.7 Å². The van der Waals surface area contributed by atoms with E-state index in [9.17, 15) is 4.79 Å². The lowest BCUT2D eigenvalue weighted by Gasteiger charge is -2.26. The second kappa shape index (κ2) is 7.18. The molecule has 0 unspecified atom stereocenters. The van der Waals surface area contributed by atoms with Crippen molar-refractivity contribution in [1.29, 1.82) is 0 Å². The Balaban J connectivity index is 1.81. The van der Waals surface area contributed by atoms with Crippen LogP contribution in [-0.2, 0) is 0 Å². The molecule has 4 nitrogen and oxygen atoms in total. The van der Waals surface area contributed by atoms with Crippen molar-refractivity contribution in [3.63, 3.8) is 0 Å². The Morgan fingerprint density at radius 2 is 2.04 bits per heavy atom. The summed E-state index contributed by atoms with van der Waals surface area (Å²) in [6.45, 7) is 4.94. The van der Waals surface area contributed by atoms with Gasteiger partial charge in [0.1, 0.15) is 11.1 Å². The van der Waals surface area contributed by atoms with Crippen LogP contribution >= 0.6 is 11.8 Å². The van der Waals surface area contributed by atoms with Crippen molar-refractivity contribution in [1.82, 2.24) is 4.90 Å². The molecule has 0 aromatic heterocycles. The van der Waals surface area contributed by atoms with Crippen LogP contribution in [0.25, 0.3) is 0 Å². The summed E-state index contributed by atoms with van der Waals surface area (Å²) < 4.78 is 5.31. The Morgan fingerprint density at radius 3 is 2.79 bits per heavy atom. The van der Waals surface area contributed by atoms with Gasteiger partial charge < -0.3 is 15.0 Å². The Bertz CT molecular complexity index is 748. The molecule has 0 saturated carbocycles. The van der Waals surface area contributed by atoms with Crippen molar-refractivity contribution >= 4 is 23.5 Å². The predicted octanol–water partition coefficient (Wildman–Crippen LogP) is 4.59. The number of hydrogen-bond acceptors (Lipinski definition) is 3. The van der Waals surface area contributed by atoms with E-state index in [2.05, 4.69) is 37.4 Å². The number of anilines is 1. The zero-order chi connectivity index (χ0) is 17.1. The summed E-state index contributed by atoms with van der Waals surface area (Å²) in [7, 11) is 1.61. The minimum absolute atomic E-state index is 0.0558. The number of rotatable bonds is 3. The molecule has 1 fully saturated rings. The van der Waals surface area contributed by atoms with Crippen molar-refractivity contribution in [2.24, 2.45) is 0 Å². The molecule has 0 aliphatic carbocycles. The van der Waals surface area contributed by atoms with Gasteiger partial charge in [-0.3, -0.25) is 0 Å². The van der Waals surface area contributed by atoms with Crippen LogP contribution in [0.3, 0.4) is 0 Å². The average Bonchev–Trinajstić information content (AvgIpc) is 3.05. The number of carbonyl (C=O) groups excluding carboxylic acids is 1. The Kier molecular flexibility index (Phi) is 5.00. The smallest absolute Gasteiger partial charge is 0.323 e. The van der Waals surface area contributed by atoms with E-state index in [0.29, 0.717) is 11.4 Å². The fourth-order valence-corrected chi connectivity index (χ4v) is 4.32. The molecule has 126 valence electrons. The van der Waals surface area contributed by atoms with Gasteiger partial charge in [0, 0.05) is 12.3 Å². The molecular formula is C19H22N2O2S. The number of nitrogens with one attached hydrogen (secondary N) is 1. The van der Waals surface area contributed by atoms with Crippen LogP contribution < -0.4 is 10.1 Å². The summed E-state index contributed by atoms with van der Waals surface area (Å²) in [4.78, 5) is 14.7. The van der Waals surface area contributed by atoms with E-state index in [1.165, 1.54) is 16.7 Å². The molecule has 3 rings (SSSR count). The highest BCUT2D eigenvalue weighted by atomic mass is 32.2. The normalized spacial score (nSPS) is 17.0. The molecule has 1 saturated heterocycles. The van der Waals surface area contributed by atoms with Gasteiger partial charge in [0.25, 0.3) is 0 Å². The summed E-state index contributed by atoms with van der Waals surface area (Å²) in [5, 5.41) is 3.04. The molecule has 2 amide bonds. The number of aryl methyl sites for hydroxylation is 2. The van der Waals surface area contributed by atoms with Crippen molar-refractivity contribution in [2.45, 2.75) is 19.2 Å². The molecule has 1 aliphatic rings. The molecule has 0 radical (unpaired) electrons. The first kappa shape index (κ1) is 16.7. The van der Waals surface area contributed by atoms with Gasteiger partial charge in [-0.15, -0.1) is 11.8 Å². The molecule has 24 heavy (non-hydrogen) atoms. The quantitative estimate of drug-likeness (QED) is 0.887. The maximum Gasteiger partial charge on any atom is 0.323 e. The monoisotopic (exact) mass is 342 g/mol. The maximum absolute atomic E-state index is 12.8. The van der Waals surface area contributed by atoms with Gasteiger partial charge in [0.05, 0.1) is 12.8 Å². The first-order valence-electron chi connectivity index (χ1n) is 7.99. The van der Waals surface area contributed by atoms with Gasteiger partial charge in [-0.05, 0) is 37.1 Å². The van der Waals surface area contributed by atoms with Crippen LogP contribution in [0.1, 0.15) is 22.1 Å². The van der Waals surface area contributed by atoms with Crippen LogP contribution in [0.5, 0.6) is 5.75 Å². The van der Waals surface area contributed by atoms with Crippen molar-refractivity contribution in [3.8, 4) is 5.75 Å². The van der Waals surface area contributed by atoms with E-state index in [1.807, 2.05) is 29.2 Å². The third-order valence-electron chi connectivity index (χ3n) is 4.19. The lowest BCUT2D eigenvalue weighted by molar-refractivity contribution is 0.214. The minimum Gasteiger partial charge on any atom is -0.495 e. The summed E-state index contributed by atoms with van der Waals surface area (Å²) in [6, 6.07) is 13.8. The van der Waals surface area contributed by atoms with Gasteiger partial charge in [0.2, 0.25) is 0 Å². The number of hydrogen-bond donors (Lipinski definition) is 1. The summed E-state index contributed by atoms with van der Waals surface area (Å²) in [6.07, 6.45) is 0. The van der Waals surface area contributed by atoms with Crippen LogP contribution in [0, 0.1) is 13.8 Å². The fourth-order valence-electron chi connectivity index (χ4n) is 2.97. The highest BCUT2D eigenvalue weighted by molar-refractivity contribution is 7.99. The van der Waals surface area contributed by atoms with E-state index < -0.39 is 0 Å². The first-order chi connectivity index (χ1) is 11.6. The van der Waals surface area contributed by atoms with E-state index in [0.717, 1.165) is 12.3 Å². The molecule has 0 bridgehead atoms. The molecule has 1 aliphatic heterocycles. The van der Waals surface area contributed by atoms with Gasteiger partial charge >= 0.3 is 6.03 Å². The van der Waals surface area contributed by atoms with Gasteiger partial charge in [-0.2, -0.15) is 0 Å². The number of urea groups is 1. The molecule has 1 atom stereocenters. The topological polar surface area (TPSA) is 41.6 Å². The lowest BCUT2D eigenvalue weighted by atomic mass is 10.1. The number of ether oxygens (including phenoxy) is 1. The number of benzene rings is 2. The summed E-state index contributed by atoms with van der Waals surface area (Å²) in [5.74, 6) is 1.61. The van der Waals surface area contributed by atoms with Crippen LogP contribution in [0.4, 0.5) is 10.5 Å². The standard InChI is InChI=1S/C19H22N2O2S/c1-13-8-9-15(14(2)12-13)18-21(10-11-24-18)19(22)20-16-6-4-5-7-17(16)23-3/h4-9,12,18H,10-11H2,1-3H3,(H,20,22)/t18-/m1/s1. The molecule has 1 N–H and O–H groups in total. The van der Waals surface area contributed by atoms with E-state index in [4.69, 9.17) is 4.74 Å². The van der Waals surface area contributed by atoms with E-state index in [1.54, 1.807) is 18.9 Å². The summed E-state index contributed by atoms with van der Waals surface area (Å²) in [5.41, 5.74) is 4.37. The van der Waals surface area contributed by atoms with Crippen molar-refractivity contribution < 1.29 is 9.53 Å². The third-order valence-corrected chi connectivity index (χ3v) is 5.43. The number of para-hydroxylation sites is 2. The average molecular weight is 342 g/mol. The Hall–Kier alpha value is -2.14. The van der Waals surface area contributed by atoms with Gasteiger partial charge in [-0.1, -0.05) is 35.9 Å². The first-order valence-corrected chi connectivity index (χ1v) is 9.04. The molecule has 2 aromatic carbocycles. The number of amides is 2. The number of nitrogens with zero attached hydrogens (tertiary/aromatic N) is 1. The highest BCUT2D eigenvalue weighted by Gasteiger charge is 2.31. The van der Waals surface area contributed by atoms with Crippen molar-refractivity contribution in [3.05, 3.63) is 59.2 Å². The predicted molar refractivity (Wildman–Crippen MR) is 99.8 cm³/mol. The Labute approximate surface area is 147 Å². The highest BCUT2D eigenvalue weighted by Crippen LogP contribution is 2.40. The number of methoxy groups -OCH3 is 1. The second-order valence-corrected chi connectivity index (χ2v) is 7.10. The molecular weight excluding hydrogens is 320 g/mol. The van der Waals surface area contributed by atoms with Crippen LogP contribution in [0.15, 0.2) is 42.5 Å². The molecule has 0 spiro atoms. The largest absolute Gasteiger partial charge is 0.495 e. The summed E-state index contributed by atoms with van der Waals surface area (Å²) >= 11 is 1.81. The minimum atomic E-state index is -0.0884. The molecule has 1 heterocycles. The van der Waals surface area contributed by atoms with Crippen LogP contribution in [-0.4, -0.2) is 30.3 Å². The van der Waals surface area contributed by atoms with Crippen LogP contribution in [0.2, 0.25) is 0 Å². The maximum atomic E-state index is 12.8. The third kappa shape index (κ3) is 3.36. The lowest BCUT2D eigenvalue weighted by Crippen LogP contribution is -2.34. The van der Waals surface area contributed by atoms with E-state index in [-0.39, 0.29) is 11.4 Å². The second-order valence-electron chi connectivity index (χ2n) is 5.91.